The van der Waals surface area contributed by atoms with Crippen molar-refractivity contribution in [2.45, 2.75) is 24.1 Å². The lowest BCUT2D eigenvalue weighted by Gasteiger charge is -1.99. The maximum atomic E-state index is 4.36. The Kier molecular flexibility index (Phi) is 4.12. The molecule has 3 rings (SSSR count). The molecule has 3 aromatic rings. The fourth-order valence-corrected chi connectivity index (χ4v) is 3.50. The number of hydrogen-bond donors (Lipinski definition) is 2. The maximum absolute atomic E-state index is 4.36. The number of aromatic nitrogens is 5. The Morgan fingerprint density at radius 3 is 3.15 bits per heavy atom. The van der Waals surface area contributed by atoms with Gasteiger partial charge in [0, 0.05) is 23.4 Å². The minimum atomic E-state index is 0.706. The van der Waals surface area contributed by atoms with Gasteiger partial charge in [0.25, 0.3) is 0 Å². The standard InChI is InChI=1S/C12H14N6S2/c1-2-3-13-12-14-4-8(20-12)5-19-11-9-10(16-6-15-9)17-7-18-11/h4,6-7H,2-3,5H2,1H3,(H,13,14)(H,15,16,17,18). The second-order valence-electron chi connectivity index (χ2n) is 4.13. The molecule has 0 bridgehead atoms. The van der Waals surface area contributed by atoms with E-state index in [1.54, 1.807) is 35.8 Å². The number of thioether (sulfide) groups is 1. The lowest BCUT2D eigenvalue weighted by Crippen LogP contribution is -1.97. The molecule has 3 aromatic heterocycles. The van der Waals surface area contributed by atoms with Crippen LogP contribution in [0.3, 0.4) is 0 Å². The number of nitrogens with zero attached hydrogens (tertiary/aromatic N) is 4. The number of nitrogens with one attached hydrogen (secondary N) is 2. The van der Waals surface area contributed by atoms with Gasteiger partial charge in [-0.05, 0) is 6.42 Å². The lowest BCUT2D eigenvalue weighted by atomic mass is 10.5. The van der Waals surface area contributed by atoms with Crippen molar-refractivity contribution in [2.24, 2.45) is 0 Å². The highest BCUT2D eigenvalue weighted by Crippen LogP contribution is 2.28. The quantitative estimate of drug-likeness (QED) is 0.538. The summed E-state index contributed by atoms with van der Waals surface area (Å²) in [4.78, 5) is 21.2. The normalized spacial score (nSPS) is 11.1. The topological polar surface area (TPSA) is 79.4 Å². The molecule has 0 aliphatic rings. The van der Waals surface area contributed by atoms with E-state index in [2.05, 4.69) is 37.2 Å². The summed E-state index contributed by atoms with van der Waals surface area (Å²) in [5, 5.41) is 5.20. The molecule has 2 N–H and O–H groups in total. The first-order chi connectivity index (χ1) is 9.86. The number of H-pyrrole nitrogens is 1. The lowest BCUT2D eigenvalue weighted by molar-refractivity contribution is 0.976. The molecule has 0 atom stereocenters. The average molecular weight is 306 g/mol. The van der Waals surface area contributed by atoms with Crippen LogP contribution in [0.1, 0.15) is 18.2 Å². The second kappa shape index (κ2) is 6.19. The van der Waals surface area contributed by atoms with Crippen molar-refractivity contribution >= 4 is 39.4 Å². The van der Waals surface area contributed by atoms with Crippen molar-refractivity contribution in [3.05, 3.63) is 23.7 Å². The van der Waals surface area contributed by atoms with Crippen molar-refractivity contribution in [3.8, 4) is 0 Å². The minimum Gasteiger partial charge on any atom is -0.362 e. The molecular weight excluding hydrogens is 292 g/mol. The van der Waals surface area contributed by atoms with Gasteiger partial charge in [-0.2, -0.15) is 0 Å². The zero-order valence-corrected chi connectivity index (χ0v) is 12.6. The molecular formula is C12H14N6S2. The van der Waals surface area contributed by atoms with Crippen LogP contribution in [0.4, 0.5) is 5.13 Å². The number of aromatic amines is 1. The van der Waals surface area contributed by atoms with Crippen LogP contribution in [0.15, 0.2) is 23.9 Å². The molecule has 0 radical (unpaired) electrons. The Bertz CT molecular complexity index is 692. The van der Waals surface area contributed by atoms with Gasteiger partial charge in [0.05, 0.1) is 6.33 Å². The third-order valence-corrected chi connectivity index (χ3v) is 4.80. The second-order valence-corrected chi connectivity index (χ2v) is 6.21. The van der Waals surface area contributed by atoms with Crippen LogP contribution in [-0.2, 0) is 5.75 Å². The van der Waals surface area contributed by atoms with Crippen LogP contribution in [0.5, 0.6) is 0 Å². The zero-order valence-electron chi connectivity index (χ0n) is 11.0. The minimum absolute atomic E-state index is 0.706. The van der Waals surface area contributed by atoms with Crippen LogP contribution in [-0.4, -0.2) is 31.5 Å². The SMILES string of the molecule is CCCNc1ncc(CSc2ncnc3nc[nH]c23)s1. The fraction of sp³-hybridized carbons (Fsp3) is 0.333. The Morgan fingerprint density at radius 1 is 1.30 bits per heavy atom. The van der Waals surface area contributed by atoms with Gasteiger partial charge < -0.3 is 10.3 Å². The third kappa shape index (κ3) is 2.91. The Morgan fingerprint density at radius 2 is 2.25 bits per heavy atom. The van der Waals surface area contributed by atoms with Crippen molar-refractivity contribution in [3.63, 3.8) is 0 Å². The molecule has 0 fully saturated rings. The van der Waals surface area contributed by atoms with Crippen LogP contribution in [0.25, 0.3) is 11.2 Å². The maximum Gasteiger partial charge on any atom is 0.182 e. The van der Waals surface area contributed by atoms with Crippen LogP contribution >= 0.6 is 23.1 Å². The average Bonchev–Trinajstić information content (AvgIpc) is 3.11. The summed E-state index contributed by atoms with van der Waals surface area (Å²) in [5.74, 6) is 0.844. The number of thiazole rings is 1. The summed E-state index contributed by atoms with van der Waals surface area (Å²) in [5.41, 5.74) is 1.60. The predicted octanol–water partition coefficient (Wildman–Crippen LogP) is 2.92. The Balaban J connectivity index is 1.67. The first kappa shape index (κ1) is 13.3. The van der Waals surface area contributed by atoms with Crippen LogP contribution in [0.2, 0.25) is 0 Å². The molecule has 3 heterocycles. The highest BCUT2D eigenvalue weighted by atomic mass is 32.2. The number of imidazole rings is 1. The van der Waals surface area contributed by atoms with E-state index in [0.717, 1.165) is 34.4 Å². The first-order valence-electron chi connectivity index (χ1n) is 6.32. The number of fused-ring (bicyclic) bond motifs is 1. The van der Waals surface area contributed by atoms with Gasteiger partial charge in [0.15, 0.2) is 10.8 Å². The number of hydrogen-bond acceptors (Lipinski definition) is 7. The first-order valence-corrected chi connectivity index (χ1v) is 8.12. The summed E-state index contributed by atoms with van der Waals surface area (Å²) in [7, 11) is 0. The summed E-state index contributed by atoms with van der Waals surface area (Å²) in [6.45, 7) is 3.10. The van der Waals surface area contributed by atoms with E-state index in [0.29, 0.717) is 5.65 Å². The molecule has 0 aliphatic heterocycles. The summed E-state index contributed by atoms with van der Waals surface area (Å²) >= 11 is 3.35. The summed E-state index contributed by atoms with van der Waals surface area (Å²) in [6.07, 6.45) is 6.21. The summed E-state index contributed by atoms with van der Waals surface area (Å²) in [6, 6.07) is 0. The van der Waals surface area contributed by atoms with Crippen LogP contribution in [0, 0.1) is 0 Å². The molecule has 0 spiro atoms. The van der Waals surface area contributed by atoms with Crippen molar-refractivity contribution in [2.75, 3.05) is 11.9 Å². The molecule has 0 amide bonds. The smallest absolute Gasteiger partial charge is 0.182 e. The van der Waals surface area contributed by atoms with Crippen molar-refractivity contribution in [1.82, 2.24) is 24.9 Å². The van der Waals surface area contributed by atoms with E-state index in [9.17, 15) is 0 Å². The molecule has 0 aromatic carbocycles. The molecule has 20 heavy (non-hydrogen) atoms. The van der Waals surface area contributed by atoms with E-state index in [1.807, 2.05) is 6.20 Å². The highest BCUT2D eigenvalue weighted by molar-refractivity contribution is 7.98. The molecule has 6 nitrogen and oxygen atoms in total. The van der Waals surface area contributed by atoms with E-state index in [4.69, 9.17) is 0 Å². The predicted molar refractivity (Wildman–Crippen MR) is 82.1 cm³/mol. The Hall–Kier alpha value is -1.67. The van der Waals surface area contributed by atoms with Gasteiger partial charge in [-0.3, -0.25) is 0 Å². The molecule has 0 unspecified atom stereocenters. The van der Waals surface area contributed by atoms with Crippen molar-refractivity contribution < 1.29 is 0 Å². The van der Waals surface area contributed by atoms with Gasteiger partial charge in [-0.1, -0.05) is 18.7 Å². The molecule has 104 valence electrons. The molecule has 0 aliphatic carbocycles. The zero-order chi connectivity index (χ0) is 13.8. The fourth-order valence-electron chi connectivity index (χ4n) is 1.68. The van der Waals surface area contributed by atoms with Crippen molar-refractivity contribution in [1.29, 1.82) is 0 Å². The number of anilines is 1. The van der Waals surface area contributed by atoms with E-state index in [-0.39, 0.29) is 0 Å². The molecule has 0 saturated heterocycles. The summed E-state index contributed by atoms with van der Waals surface area (Å²) < 4.78 is 0. The van der Waals surface area contributed by atoms with Gasteiger partial charge in [-0.15, -0.1) is 11.3 Å². The van der Waals surface area contributed by atoms with Gasteiger partial charge in [-0.25, -0.2) is 19.9 Å². The van der Waals surface area contributed by atoms with E-state index < -0.39 is 0 Å². The number of rotatable bonds is 6. The monoisotopic (exact) mass is 306 g/mol. The third-order valence-electron chi connectivity index (χ3n) is 2.62. The van der Waals surface area contributed by atoms with Crippen LogP contribution < -0.4 is 5.32 Å². The Labute approximate surface area is 124 Å². The highest BCUT2D eigenvalue weighted by Gasteiger charge is 2.08. The van der Waals surface area contributed by atoms with Gasteiger partial charge in [0.2, 0.25) is 0 Å². The van der Waals surface area contributed by atoms with Gasteiger partial charge >= 0.3 is 0 Å². The molecule has 8 heteroatoms. The van der Waals surface area contributed by atoms with Gasteiger partial charge in [0.1, 0.15) is 16.9 Å². The van der Waals surface area contributed by atoms with E-state index in [1.165, 1.54) is 4.88 Å². The van der Waals surface area contributed by atoms with E-state index >= 15 is 0 Å². The molecule has 0 saturated carbocycles. The largest absolute Gasteiger partial charge is 0.362 e.